The summed E-state index contributed by atoms with van der Waals surface area (Å²) in [6.45, 7) is 6.48. The van der Waals surface area contributed by atoms with Gasteiger partial charge in [-0.15, -0.1) is 0 Å². The Bertz CT molecular complexity index is 431. The molecule has 18 heavy (non-hydrogen) atoms. The zero-order valence-corrected chi connectivity index (χ0v) is 12.2. The van der Waals surface area contributed by atoms with Crippen LogP contribution in [-0.2, 0) is 16.6 Å². The molecule has 3 nitrogen and oxygen atoms in total. The number of carbonyl (C=O) groups excluding carboxylic acids is 1. The molecule has 0 radical (unpaired) electrons. The third kappa shape index (κ3) is 3.49. The average Bonchev–Trinajstić information content (AvgIpc) is 2.27. The number of nitrogens with zero attached hydrogens (tertiary/aromatic N) is 1. The summed E-state index contributed by atoms with van der Waals surface area (Å²) in [6.07, 6.45) is 0.376. The molecule has 0 saturated heterocycles. The van der Waals surface area contributed by atoms with E-state index in [9.17, 15) is 4.79 Å². The lowest BCUT2D eigenvalue weighted by Crippen LogP contribution is -2.23. The van der Waals surface area contributed by atoms with Crippen molar-refractivity contribution in [1.82, 2.24) is 4.90 Å². The fraction of sp³-hybridized carbons (Fsp3) is 0.533. The minimum Gasteiger partial charge on any atom is -0.496 e. The summed E-state index contributed by atoms with van der Waals surface area (Å²) in [7, 11) is 5.17. The van der Waals surface area contributed by atoms with Gasteiger partial charge in [-0.2, -0.15) is 0 Å². The Kier molecular flexibility index (Phi) is 4.38. The molecule has 100 valence electrons. The minimum absolute atomic E-state index is 0.0804. The van der Waals surface area contributed by atoms with E-state index in [2.05, 4.69) is 26.8 Å². The van der Waals surface area contributed by atoms with Crippen LogP contribution in [0.3, 0.4) is 0 Å². The Morgan fingerprint density at radius 2 is 1.89 bits per heavy atom. The molecule has 0 aliphatic heterocycles. The van der Waals surface area contributed by atoms with E-state index in [1.54, 1.807) is 26.1 Å². The molecular weight excluding hydrogens is 226 g/mol. The topological polar surface area (TPSA) is 29.5 Å². The van der Waals surface area contributed by atoms with Crippen molar-refractivity contribution in [2.45, 2.75) is 32.6 Å². The normalized spacial score (nSPS) is 11.2. The lowest BCUT2D eigenvalue weighted by Gasteiger charge is -2.21. The third-order valence-corrected chi connectivity index (χ3v) is 2.99. The molecule has 0 fully saturated rings. The monoisotopic (exact) mass is 249 g/mol. The molecule has 3 heteroatoms. The molecule has 0 aromatic heterocycles. The van der Waals surface area contributed by atoms with Crippen molar-refractivity contribution in [2.24, 2.45) is 0 Å². The zero-order chi connectivity index (χ0) is 13.9. The number of likely N-dealkylation sites (N-methyl/N-ethyl adjacent to an activating group) is 1. The van der Waals surface area contributed by atoms with Gasteiger partial charge in [-0.25, -0.2) is 0 Å². The van der Waals surface area contributed by atoms with E-state index in [1.807, 2.05) is 12.1 Å². The predicted molar refractivity (Wildman–Crippen MR) is 74.1 cm³/mol. The predicted octanol–water partition coefficient (Wildman–Crippen LogP) is 2.62. The van der Waals surface area contributed by atoms with Gasteiger partial charge < -0.3 is 9.64 Å². The van der Waals surface area contributed by atoms with Crippen LogP contribution in [-0.4, -0.2) is 32.0 Å². The van der Waals surface area contributed by atoms with Crippen LogP contribution in [0.1, 0.15) is 31.9 Å². The minimum atomic E-state index is 0.0804. The number of amides is 1. The molecule has 0 aliphatic carbocycles. The number of hydrogen-bond acceptors (Lipinski definition) is 2. The van der Waals surface area contributed by atoms with Crippen LogP contribution < -0.4 is 4.74 Å². The van der Waals surface area contributed by atoms with Crippen molar-refractivity contribution in [3.63, 3.8) is 0 Å². The summed E-state index contributed by atoms with van der Waals surface area (Å²) in [5.74, 6) is 0.870. The lowest BCUT2D eigenvalue weighted by molar-refractivity contribution is -0.127. The summed E-state index contributed by atoms with van der Waals surface area (Å²) in [4.78, 5) is 13.3. The zero-order valence-electron chi connectivity index (χ0n) is 12.2. The standard InChI is InChI=1S/C15H23NO2/c1-15(2,3)12-8-7-11(13(10-12)18-6)9-14(17)16(4)5/h7-8,10H,9H2,1-6H3. The number of carbonyl (C=O) groups is 1. The first-order chi connectivity index (χ1) is 8.25. The highest BCUT2D eigenvalue weighted by molar-refractivity contribution is 5.79. The van der Waals surface area contributed by atoms with Gasteiger partial charge in [0.1, 0.15) is 5.75 Å². The summed E-state index contributed by atoms with van der Waals surface area (Å²) >= 11 is 0. The number of hydrogen-bond donors (Lipinski definition) is 0. The first-order valence-electron chi connectivity index (χ1n) is 6.13. The van der Waals surface area contributed by atoms with Gasteiger partial charge in [0.15, 0.2) is 0 Å². The van der Waals surface area contributed by atoms with Gasteiger partial charge in [0, 0.05) is 19.7 Å². The third-order valence-electron chi connectivity index (χ3n) is 2.99. The van der Waals surface area contributed by atoms with Gasteiger partial charge >= 0.3 is 0 Å². The van der Waals surface area contributed by atoms with E-state index in [0.717, 1.165) is 11.3 Å². The SMILES string of the molecule is COc1cc(C(C)(C)C)ccc1CC(=O)N(C)C. The maximum Gasteiger partial charge on any atom is 0.226 e. The van der Waals surface area contributed by atoms with Crippen LogP contribution in [0.15, 0.2) is 18.2 Å². The molecule has 1 amide bonds. The van der Waals surface area contributed by atoms with Gasteiger partial charge in [0.2, 0.25) is 5.91 Å². The van der Waals surface area contributed by atoms with Gasteiger partial charge in [-0.05, 0) is 17.0 Å². The van der Waals surface area contributed by atoms with Crippen molar-refractivity contribution in [2.75, 3.05) is 21.2 Å². The Morgan fingerprint density at radius 3 is 2.33 bits per heavy atom. The maximum atomic E-state index is 11.7. The highest BCUT2D eigenvalue weighted by atomic mass is 16.5. The smallest absolute Gasteiger partial charge is 0.226 e. The molecular formula is C15H23NO2. The van der Waals surface area contributed by atoms with Crippen molar-refractivity contribution < 1.29 is 9.53 Å². The van der Waals surface area contributed by atoms with Crippen LogP contribution in [0, 0.1) is 0 Å². The average molecular weight is 249 g/mol. The van der Waals surface area contributed by atoms with E-state index in [-0.39, 0.29) is 11.3 Å². The van der Waals surface area contributed by atoms with Gasteiger partial charge in [0.25, 0.3) is 0 Å². The molecule has 1 aromatic carbocycles. The molecule has 0 heterocycles. The van der Waals surface area contributed by atoms with Gasteiger partial charge in [-0.1, -0.05) is 32.9 Å². The fourth-order valence-corrected chi connectivity index (χ4v) is 1.68. The lowest BCUT2D eigenvalue weighted by atomic mass is 9.86. The first-order valence-corrected chi connectivity index (χ1v) is 6.13. The van der Waals surface area contributed by atoms with Gasteiger partial charge in [-0.3, -0.25) is 4.79 Å². The Hall–Kier alpha value is -1.51. The van der Waals surface area contributed by atoms with E-state index >= 15 is 0 Å². The summed E-state index contributed by atoms with van der Waals surface area (Å²) < 4.78 is 5.39. The highest BCUT2D eigenvalue weighted by Crippen LogP contribution is 2.28. The summed E-state index contributed by atoms with van der Waals surface area (Å²) in [6, 6.07) is 6.08. The number of benzene rings is 1. The summed E-state index contributed by atoms with van der Waals surface area (Å²) in [5, 5.41) is 0. The van der Waals surface area contributed by atoms with E-state index in [1.165, 1.54) is 5.56 Å². The molecule has 0 aliphatic rings. The molecule has 0 bridgehead atoms. The van der Waals surface area contributed by atoms with Gasteiger partial charge in [0.05, 0.1) is 13.5 Å². The van der Waals surface area contributed by atoms with Crippen molar-refractivity contribution >= 4 is 5.91 Å². The van der Waals surface area contributed by atoms with Crippen molar-refractivity contribution in [3.8, 4) is 5.75 Å². The number of ether oxygens (including phenoxy) is 1. The Morgan fingerprint density at radius 1 is 1.28 bits per heavy atom. The van der Waals surface area contributed by atoms with Crippen LogP contribution >= 0.6 is 0 Å². The molecule has 0 saturated carbocycles. The van der Waals surface area contributed by atoms with Crippen LogP contribution in [0.5, 0.6) is 5.75 Å². The second-order valence-electron chi connectivity index (χ2n) is 5.74. The van der Waals surface area contributed by atoms with Crippen LogP contribution in [0.4, 0.5) is 0 Å². The second kappa shape index (κ2) is 5.42. The van der Waals surface area contributed by atoms with Crippen LogP contribution in [0.25, 0.3) is 0 Å². The quantitative estimate of drug-likeness (QED) is 0.824. The van der Waals surface area contributed by atoms with E-state index in [0.29, 0.717) is 6.42 Å². The van der Waals surface area contributed by atoms with Crippen molar-refractivity contribution in [1.29, 1.82) is 0 Å². The first kappa shape index (κ1) is 14.6. The molecule has 0 spiro atoms. The highest BCUT2D eigenvalue weighted by Gasteiger charge is 2.17. The largest absolute Gasteiger partial charge is 0.496 e. The molecule has 1 rings (SSSR count). The number of methoxy groups -OCH3 is 1. The fourth-order valence-electron chi connectivity index (χ4n) is 1.68. The van der Waals surface area contributed by atoms with Crippen LogP contribution in [0.2, 0.25) is 0 Å². The molecule has 1 aromatic rings. The second-order valence-corrected chi connectivity index (χ2v) is 5.74. The van der Waals surface area contributed by atoms with Crippen molar-refractivity contribution in [3.05, 3.63) is 29.3 Å². The summed E-state index contributed by atoms with van der Waals surface area (Å²) in [5.41, 5.74) is 2.22. The molecule has 0 unspecified atom stereocenters. The Labute approximate surface area is 110 Å². The maximum absolute atomic E-state index is 11.7. The molecule has 0 N–H and O–H groups in total. The number of rotatable bonds is 3. The van der Waals surface area contributed by atoms with E-state index < -0.39 is 0 Å². The molecule has 0 atom stereocenters. The van der Waals surface area contributed by atoms with E-state index in [4.69, 9.17) is 4.74 Å². The Balaban J connectivity index is 3.05.